The van der Waals surface area contributed by atoms with E-state index in [1.165, 1.54) is 51.9 Å². The third-order valence-corrected chi connectivity index (χ3v) is 5.17. The monoisotopic (exact) mass is 323 g/mol. The van der Waals surface area contributed by atoms with Gasteiger partial charge in [0.25, 0.3) is 0 Å². The van der Waals surface area contributed by atoms with Crippen LogP contribution in [0, 0.1) is 5.92 Å². The van der Waals surface area contributed by atoms with Gasteiger partial charge in [-0.25, -0.2) is 0 Å². The molecule has 2 aliphatic rings. The molecule has 134 valence electrons. The van der Waals surface area contributed by atoms with Gasteiger partial charge in [0.15, 0.2) is 5.96 Å². The number of likely N-dealkylation sites (tertiary alicyclic amines) is 2. The van der Waals surface area contributed by atoms with Gasteiger partial charge in [-0.3, -0.25) is 9.89 Å². The quantitative estimate of drug-likeness (QED) is 0.528. The number of nitrogens with zero attached hydrogens (tertiary/aromatic N) is 3. The van der Waals surface area contributed by atoms with Crippen LogP contribution in [0.4, 0.5) is 0 Å². The Kier molecular flexibility index (Phi) is 8.17. The predicted octanol–water partition coefficient (Wildman–Crippen LogP) is 1.76. The van der Waals surface area contributed by atoms with Crippen molar-refractivity contribution in [3.05, 3.63) is 0 Å². The summed E-state index contributed by atoms with van der Waals surface area (Å²) in [5, 5.41) is 6.98. The lowest BCUT2D eigenvalue weighted by atomic mass is 10.1. The zero-order valence-corrected chi connectivity index (χ0v) is 15.5. The highest BCUT2D eigenvalue weighted by molar-refractivity contribution is 5.79. The number of likely N-dealkylation sites (N-methyl/N-ethyl adjacent to an activating group) is 1. The van der Waals surface area contributed by atoms with Gasteiger partial charge >= 0.3 is 0 Å². The van der Waals surface area contributed by atoms with E-state index in [-0.39, 0.29) is 0 Å². The molecule has 2 fully saturated rings. The third kappa shape index (κ3) is 5.96. The molecule has 2 heterocycles. The second-order valence-corrected chi connectivity index (χ2v) is 6.98. The van der Waals surface area contributed by atoms with E-state index >= 15 is 0 Å². The highest BCUT2D eigenvalue weighted by Gasteiger charge is 2.23. The maximum atomic E-state index is 4.85. The van der Waals surface area contributed by atoms with E-state index in [9.17, 15) is 0 Å². The Morgan fingerprint density at radius 1 is 1.13 bits per heavy atom. The highest BCUT2D eigenvalue weighted by atomic mass is 15.2. The van der Waals surface area contributed by atoms with E-state index in [4.69, 9.17) is 4.99 Å². The molecular formula is C18H37N5. The van der Waals surface area contributed by atoms with Gasteiger partial charge in [-0.05, 0) is 64.7 Å². The zero-order chi connectivity index (χ0) is 16.5. The standard InChI is InChI=1S/C18H37N5/c1-4-10-22-12-9-16(15-22)13-20-18(19-5-2)21-14-17-8-7-11-23(17)6-3/h16-17H,4-15H2,1-3H3,(H2,19,20,21). The first-order valence-electron chi connectivity index (χ1n) is 9.75. The lowest BCUT2D eigenvalue weighted by Gasteiger charge is -2.24. The van der Waals surface area contributed by atoms with Gasteiger partial charge in [0.05, 0.1) is 0 Å². The van der Waals surface area contributed by atoms with Crippen LogP contribution in [0.1, 0.15) is 46.5 Å². The first-order valence-corrected chi connectivity index (χ1v) is 9.75. The number of nitrogens with one attached hydrogen (secondary N) is 2. The number of guanidine groups is 1. The molecule has 2 atom stereocenters. The van der Waals surface area contributed by atoms with Crippen molar-refractivity contribution < 1.29 is 0 Å². The first-order chi connectivity index (χ1) is 11.3. The highest BCUT2D eigenvalue weighted by Crippen LogP contribution is 2.17. The minimum absolute atomic E-state index is 0.676. The van der Waals surface area contributed by atoms with Crippen LogP contribution in [-0.4, -0.2) is 74.2 Å². The van der Waals surface area contributed by atoms with E-state index in [0.717, 1.165) is 38.1 Å². The minimum atomic E-state index is 0.676. The molecule has 0 spiro atoms. The van der Waals surface area contributed by atoms with Crippen molar-refractivity contribution in [3.63, 3.8) is 0 Å². The topological polar surface area (TPSA) is 42.9 Å². The lowest BCUT2D eigenvalue weighted by molar-refractivity contribution is 0.267. The summed E-state index contributed by atoms with van der Waals surface area (Å²) in [4.78, 5) is 10.0. The Morgan fingerprint density at radius 3 is 2.74 bits per heavy atom. The SMILES string of the molecule is CCCN1CCC(CN=C(NCC)NCC2CCCN2CC)C1. The average molecular weight is 324 g/mol. The fraction of sp³-hybridized carbons (Fsp3) is 0.944. The minimum Gasteiger partial charge on any atom is -0.357 e. The fourth-order valence-corrected chi connectivity index (χ4v) is 3.90. The molecule has 23 heavy (non-hydrogen) atoms. The maximum Gasteiger partial charge on any atom is 0.191 e. The van der Waals surface area contributed by atoms with E-state index in [2.05, 4.69) is 41.2 Å². The molecule has 2 aliphatic heterocycles. The molecule has 2 rings (SSSR count). The molecule has 2 unspecified atom stereocenters. The summed E-state index contributed by atoms with van der Waals surface area (Å²) in [7, 11) is 0. The molecule has 0 bridgehead atoms. The van der Waals surface area contributed by atoms with Crippen LogP contribution in [0.15, 0.2) is 4.99 Å². The second kappa shape index (κ2) is 10.1. The van der Waals surface area contributed by atoms with Crippen LogP contribution < -0.4 is 10.6 Å². The fourth-order valence-electron chi connectivity index (χ4n) is 3.90. The van der Waals surface area contributed by atoms with Gasteiger partial charge in [-0.1, -0.05) is 13.8 Å². The van der Waals surface area contributed by atoms with Gasteiger partial charge in [-0.2, -0.15) is 0 Å². The molecule has 0 radical (unpaired) electrons. The van der Waals surface area contributed by atoms with Crippen molar-refractivity contribution in [2.45, 2.75) is 52.5 Å². The van der Waals surface area contributed by atoms with E-state index in [1.807, 2.05) is 0 Å². The molecule has 0 saturated carbocycles. The second-order valence-electron chi connectivity index (χ2n) is 6.98. The molecule has 2 N–H and O–H groups in total. The lowest BCUT2D eigenvalue weighted by Crippen LogP contribution is -2.45. The van der Waals surface area contributed by atoms with Gasteiger partial charge < -0.3 is 15.5 Å². The molecule has 0 amide bonds. The zero-order valence-electron chi connectivity index (χ0n) is 15.5. The van der Waals surface area contributed by atoms with Crippen molar-refractivity contribution in [1.82, 2.24) is 20.4 Å². The van der Waals surface area contributed by atoms with Gasteiger partial charge in [0.1, 0.15) is 0 Å². The largest absolute Gasteiger partial charge is 0.357 e. The van der Waals surface area contributed by atoms with Crippen molar-refractivity contribution >= 4 is 5.96 Å². The van der Waals surface area contributed by atoms with Crippen LogP contribution in [0.5, 0.6) is 0 Å². The van der Waals surface area contributed by atoms with Crippen LogP contribution >= 0.6 is 0 Å². The van der Waals surface area contributed by atoms with Crippen molar-refractivity contribution in [2.24, 2.45) is 10.9 Å². The summed E-state index contributed by atoms with van der Waals surface area (Å²) >= 11 is 0. The normalized spacial score (nSPS) is 26.8. The molecule has 0 aromatic rings. The number of hydrogen-bond acceptors (Lipinski definition) is 3. The van der Waals surface area contributed by atoms with Crippen LogP contribution in [0.25, 0.3) is 0 Å². The Bertz CT molecular complexity index is 357. The smallest absolute Gasteiger partial charge is 0.191 e. The number of aliphatic imine (C=N–C) groups is 1. The van der Waals surface area contributed by atoms with E-state index in [0.29, 0.717) is 6.04 Å². The molecule has 0 aromatic heterocycles. The number of hydrogen-bond donors (Lipinski definition) is 2. The summed E-state index contributed by atoms with van der Waals surface area (Å²) in [6.45, 7) is 15.7. The molecule has 5 heteroatoms. The van der Waals surface area contributed by atoms with Gasteiger partial charge in [-0.15, -0.1) is 0 Å². The van der Waals surface area contributed by atoms with Crippen LogP contribution in [-0.2, 0) is 0 Å². The van der Waals surface area contributed by atoms with Crippen LogP contribution in [0.2, 0.25) is 0 Å². The van der Waals surface area contributed by atoms with Crippen molar-refractivity contribution in [1.29, 1.82) is 0 Å². The van der Waals surface area contributed by atoms with E-state index < -0.39 is 0 Å². The molecular weight excluding hydrogens is 286 g/mol. The summed E-state index contributed by atoms with van der Waals surface area (Å²) in [5.41, 5.74) is 0. The maximum absolute atomic E-state index is 4.85. The Balaban J connectivity index is 1.76. The van der Waals surface area contributed by atoms with E-state index in [1.54, 1.807) is 0 Å². The molecule has 2 saturated heterocycles. The van der Waals surface area contributed by atoms with Gasteiger partial charge in [0, 0.05) is 32.2 Å². The summed E-state index contributed by atoms with van der Waals surface area (Å²) in [6, 6.07) is 0.676. The van der Waals surface area contributed by atoms with Gasteiger partial charge in [0.2, 0.25) is 0 Å². The average Bonchev–Trinajstić information content (AvgIpc) is 3.19. The number of rotatable bonds is 8. The Hall–Kier alpha value is -0.810. The summed E-state index contributed by atoms with van der Waals surface area (Å²) in [5.74, 6) is 1.74. The summed E-state index contributed by atoms with van der Waals surface area (Å²) < 4.78 is 0. The van der Waals surface area contributed by atoms with Crippen molar-refractivity contribution in [3.8, 4) is 0 Å². The third-order valence-electron chi connectivity index (χ3n) is 5.17. The summed E-state index contributed by atoms with van der Waals surface area (Å²) in [6.07, 6.45) is 5.21. The first kappa shape index (κ1) is 18.5. The molecule has 0 aromatic carbocycles. The molecule has 5 nitrogen and oxygen atoms in total. The Labute approximate surface area is 142 Å². The van der Waals surface area contributed by atoms with Crippen LogP contribution in [0.3, 0.4) is 0 Å². The predicted molar refractivity (Wildman–Crippen MR) is 99.1 cm³/mol. The van der Waals surface area contributed by atoms with Crippen molar-refractivity contribution in [2.75, 3.05) is 52.4 Å². The molecule has 0 aliphatic carbocycles. The Morgan fingerprint density at radius 2 is 2.00 bits per heavy atom.